The summed E-state index contributed by atoms with van der Waals surface area (Å²) in [6, 6.07) is 7.25. The molecule has 2 aliphatic heterocycles. The lowest BCUT2D eigenvalue weighted by molar-refractivity contribution is -0.179. The van der Waals surface area contributed by atoms with Gasteiger partial charge in [0.05, 0.1) is 24.9 Å². The first-order chi connectivity index (χ1) is 10.7. The van der Waals surface area contributed by atoms with Gasteiger partial charge in [-0.1, -0.05) is 12.1 Å². The van der Waals surface area contributed by atoms with Gasteiger partial charge in [-0.05, 0) is 17.7 Å². The highest BCUT2D eigenvalue weighted by atomic mass is 16.5. The van der Waals surface area contributed by atoms with Crippen LogP contribution in [0.4, 0.5) is 0 Å². The number of aliphatic hydroxyl groups excluding tert-OH is 3. The van der Waals surface area contributed by atoms with Gasteiger partial charge in [-0.25, -0.2) is 0 Å². The summed E-state index contributed by atoms with van der Waals surface area (Å²) in [7, 11) is 0. The molecule has 6 nitrogen and oxygen atoms in total. The number of rotatable bonds is 5. The first-order valence-electron chi connectivity index (χ1n) is 7.64. The summed E-state index contributed by atoms with van der Waals surface area (Å²) in [4.78, 5) is 0. The van der Waals surface area contributed by atoms with Gasteiger partial charge in [0, 0.05) is 19.4 Å². The molecule has 122 valence electrons. The van der Waals surface area contributed by atoms with Crippen molar-refractivity contribution in [1.29, 1.82) is 0 Å². The Bertz CT molecular complexity index is 489. The molecule has 2 fully saturated rings. The van der Waals surface area contributed by atoms with E-state index >= 15 is 0 Å². The molecule has 0 saturated carbocycles. The van der Waals surface area contributed by atoms with Gasteiger partial charge in [0.2, 0.25) is 0 Å². The Morgan fingerprint density at radius 2 is 2.05 bits per heavy atom. The molecule has 0 radical (unpaired) electrons. The largest absolute Gasteiger partial charge is 0.491 e. The van der Waals surface area contributed by atoms with Gasteiger partial charge in [-0.2, -0.15) is 0 Å². The normalized spacial score (nSPS) is 35.0. The molecule has 0 amide bonds. The van der Waals surface area contributed by atoms with E-state index in [1.807, 2.05) is 18.2 Å². The first-order valence-corrected chi connectivity index (χ1v) is 7.64. The van der Waals surface area contributed by atoms with Crippen LogP contribution in [0, 0.1) is 0 Å². The van der Waals surface area contributed by atoms with Crippen LogP contribution in [0.3, 0.4) is 0 Å². The van der Waals surface area contributed by atoms with E-state index in [9.17, 15) is 15.3 Å². The van der Waals surface area contributed by atoms with E-state index in [0.717, 1.165) is 18.6 Å². The lowest BCUT2D eigenvalue weighted by Crippen LogP contribution is -2.44. The molecular formula is C16H22O6. The van der Waals surface area contributed by atoms with Crippen LogP contribution in [0.1, 0.15) is 24.5 Å². The van der Waals surface area contributed by atoms with Crippen LogP contribution in [0.15, 0.2) is 24.3 Å². The van der Waals surface area contributed by atoms with Crippen molar-refractivity contribution in [2.45, 2.75) is 43.4 Å². The van der Waals surface area contributed by atoms with Crippen molar-refractivity contribution in [1.82, 2.24) is 0 Å². The van der Waals surface area contributed by atoms with Crippen LogP contribution < -0.4 is 4.74 Å². The summed E-state index contributed by atoms with van der Waals surface area (Å²) < 4.78 is 16.7. The molecule has 22 heavy (non-hydrogen) atoms. The lowest BCUT2D eigenvalue weighted by atomic mass is 9.93. The zero-order valence-corrected chi connectivity index (χ0v) is 12.3. The molecule has 3 N–H and O–H groups in total. The zero-order valence-electron chi connectivity index (χ0n) is 12.3. The van der Waals surface area contributed by atoms with Crippen molar-refractivity contribution in [3.05, 3.63) is 29.8 Å². The fourth-order valence-corrected chi connectivity index (χ4v) is 2.73. The van der Waals surface area contributed by atoms with Crippen LogP contribution >= 0.6 is 0 Å². The minimum atomic E-state index is -1.02. The number of hydrogen-bond acceptors (Lipinski definition) is 6. The van der Waals surface area contributed by atoms with Crippen LogP contribution in [0.5, 0.6) is 5.75 Å². The number of aliphatic hydroxyl groups is 3. The third-order valence-corrected chi connectivity index (χ3v) is 4.17. The highest BCUT2D eigenvalue weighted by Gasteiger charge is 2.37. The average Bonchev–Trinajstić information content (AvgIpc) is 2.48. The maximum Gasteiger partial charge on any atom is 0.119 e. The van der Waals surface area contributed by atoms with Crippen molar-refractivity contribution < 1.29 is 29.5 Å². The van der Waals surface area contributed by atoms with Crippen molar-refractivity contribution in [2.24, 2.45) is 0 Å². The predicted octanol–water partition coefficient (Wildman–Crippen LogP) is 0.398. The van der Waals surface area contributed by atoms with E-state index in [4.69, 9.17) is 14.2 Å². The van der Waals surface area contributed by atoms with Crippen molar-refractivity contribution in [2.75, 3.05) is 19.8 Å². The number of benzene rings is 1. The maximum absolute atomic E-state index is 10.1. The molecule has 5 atom stereocenters. The standard InChI is InChI=1S/C16H22O6/c17-8-13-7-14(18)15(19)16(22-13)10-2-1-3-11(6-10)21-9-12-4-5-20-12/h1-3,6,12-19H,4-5,7-9H2/t12?,13-,14-,15-,16?/m0/s1. The summed E-state index contributed by atoms with van der Waals surface area (Å²) >= 11 is 0. The van der Waals surface area contributed by atoms with Gasteiger partial charge in [0.25, 0.3) is 0 Å². The fraction of sp³-hybridized carbons (Fsp3) is 0.625. The molecule has 0 bridgehead atoms. The number of ether oxygens (including phenoxy) is 3. The highest BCUT2D eigenvalue weighted by Crippen LogP contribution is 2.33. The predicted molar refractivity (Wildman–Crippen MR) is 77.6 cm³/mol. The third-order valence-electron chi connectivity index (χ3n) is 4.17. The minimum absolute atomic E-state index is 0.153. The molecule has 2 heterocycles. The van der Waals surface area contributed by atoms with E-state index in [-0.39, 0.29) is 19.1 Å². The first kappa shape index (κ1) is 15.7. The Morgan fingerprint density at radius 3 is 2.73 bits per heavy atom. The molecule has 0 aromatic heterocycles. The molecule has 0 spiro atoms. The van der Waals surface area contributed by atoms with Crippen LogP contribution in [0.25, 0.3) is 0 Å². The zero-order chi connectivity index (χ0) is 15.5. The van der Waals surface area contributed by atoms with Crippen LogP contribution in [-0.4, -0.2) is 59.6 Å². The summed E-state index contributed by atoms with van der Waals surface area (Å²) in [5, 5.41) is 29.3. The molecule has 1 aromatic carbocycles. The molecule has 3 rings (SSSR count). The summed E-state index contributed by atoms with van der Waals surface area (Å²) in [5.41, 5.74) is 0.719. The highest BCUT2D eigenvalue weighted by molar-refractivity contribution is 5.31. The SMILES string of the molecule is OC[C@@H]1C[C@H](O)[C@H](O)C(c2cccc(OCC3CCO3)c2)O1. The third kappa shape index (κ3) is 3.42. The Morgan fingerprint density at radius 1 is 1.23 bits per heavy atom. The average molecular weight is 310 g/mol. The van der Waals surface area contributed by atoms with Gasteiger partial charge in [0.15, 0.2) is 0 Å². The topological polar surface area (TPSA) is 88.4 Å². The van der Waals surface area contributed by atoms with Crippen molar-refractivity contribution in [3.8, 4) is 5.75 Å². The molecule has 6 heteroatoms. The molecule has 1 aromatic rings. The van der Waals surface area contributed by atoms with Gasteiger partial charge >= 0.3 is 0 Å². The quantitative estimate of drug-likeness (QED) is 0.729. The minimum Gasteiger partial charge on any atom is -0.491 e. The Balaban J connectivity index is 1.69. The van der Waals surface area contributed by atoms with E-state index in [2.05, 4.69) is 0 Å². The maximum atomic E-state index is 10.1. The Labute approximate surface area is 129 Å². The van der Waals surface area contributed by atoms with Gasteiger partial charge in [-0.3, -0.25) is 0 Å². The van der Waals surface area contributed by atoms with Gasteiger partial charge in [-0.15, -0.1) is 0 Å². The smallest absolute Gasteiger partial charge is 0.119 e. The van der Waals surface area contributed by atoms with Crippen LogP contribution in [-0.2, 0) is 9.47 Å². The molecule has 2 unspecified atom stereocenters. The number of hydrogen-bond donors (Lipinski definition) is 3. The molecular weight excluding hydrogens is 288 g/mol. The van der Waals surface area contributed by atoms with E-state index in [1.54, 1.807) is 6.07 Å². The second kappa shape index (κ2) is 6.93. The van der Waals surface area contributed by atoms with E-state index in [1.165, 1.54) is 0 Å². The van der Waals surface area contributed by atoms with E-state index < -0.39 is 24.4 Å². The summed E-state index contributed by atoms with van der Waals surface area (Å²) in [6.45, 7) is 1.10. The molecule has 0 aliphatic carbocycles. The Kier molecular flexibility index (Phi) is 4.95. The van der Waals surface area contributed by atoms with Gasteiger partial charge in [0.1, 0.15) is 24.6 Å². The van der Waals surface area contributed by atoms with Crippen molar-refractivity contribution >= 4 is 0 Å². The van der Waals surface area contributed by atoms with Gasteiger partial charge < -0.3 is 29.5 Å². The fourth-order valence-electron chi connectivity index (χ4n) is 2.73. The second-order valence-corrected chi connectivity index (χ2v) is 5.82. The Hall–Kier alpha value is -1.18. The summed E-state index contributed by atoms with van der Waals surface area (Å²) in [5.74, 6) is 0.671. The molecule has 2 saturated heterocycles. The lowest BCUT2D eigenvalue weighted by Gasteiger charge is -2.37. The van der Waals surface area contributed by atoms with Crippen molar-refractivity contribution in [3.63, 3.8) is 0 Å². The van der Waals surface area contributed by atoms with Crippen LogP contribution in [0.2, 0.25) is 0 Å². The van der Waals surface area contributed by atoms with E-state index in [0.29, 0.717) is 12.4 Å². The molecule has 2 aliphatic rings. The monoisotopic (exact) mass is 310 g/mol. The second-order valence-electron chi connectivity index (χ2n) is 5.82. The summed E-state index contributed by atoms with van der Waals surface area (Å²) in [6.07, 6.45) is -1.70.